The SMILES string of the molecule is CCNC(=NCc1ccccc1OCC)NCCCC(=O)OCC. The van der Waals surface area contributed by atoms with E-state index >= 15 is 0 Å². The van der Waals surface area contributed by atoms with Gasteiger partial charge in [-0.25, -0.2) is 4.99 Å². The maximum atomic E-state index is 11.3. The molecule has 0 unspecified atom stereocenters. The molecule has 0 aromatic heterocycles. The van der Waals surface area contributed by atoms with Gasteiger partial charge in [0, 0.05) is 25.1 Å². The van der Waals surface area contributed by atoms with Crippen LogP contribution in [0, 0.1) is 0 Å². The summed E-state index contributed by atoms with van der Waals surface area (Å²) < 4.78 is 10.5. The Bertz CT molecular complexity index is 518. The van der Waals surface area contributed by atoms with Crippen LogP contribution in [0.4, 0.5) is 0 Å². The highest BCUT2D eigenvalue weighted by molar-refractivity contribution is 5.79. The molecule has 0 aliphatic carbocycles. The zero-order chi connectivity index (χ0) is 17.6. The van der Waals surface area contributed by atoms with Crippen molar-refractivity contribution < 1.29 is 14.3 Å². The van der Waals surface area contributed by atoms with E-state index in [1.807, 2.05) is 45.0 Å². The lowest BCUT2D eigenvalue weighted by molar-refractivity contribution is -0.143. The lowest BCUT2D eigenvalue weighted by Crippen LogP contribution is -2.37. The topological polar surface area (TPSA) is 72.0 Å². The van der Waals surface area contributed by atoms with Crippen molar-refractivity contribution in [3.05, 3.63) is 29.8 Å². The summed E-state index contributed by atoms with van der Waals surface area (Å²) in [5.41, 5.74) is 1.04. The Morgan fingerprint density at radius 2 is 1.92 bits per heavy atom. The minimum Gasteiger partial charge on any atom is -0.494 e. The molecule has 0 aliphatic heterocycles. The fraction of sp³-hybridized carbons (Fsp3) is 0.556. The van der Waals surface area contributed by atoms with Gasteiger partial charge in [0.25, 0.3) is 0 Å². The molecule has 24 heavy (non-hydrogen) atoms. The average molecular weight is 335 g/mol. The third kappa shape index (κ3) is 7.85. The summed E-state index contributed by atoms with van der Waals surface area (Å²) in [5.74, 6) is 1.43. The zero-order valence-electron chi connectivity index (χ0n) is 14.9. The van der Waals surface area contributed by atoms with E-state index in [-0.39, 0.29) is 5.97 Å². The number of para-hydroxylation sites is 1. The molecule has 0 saturated carbocycles. The van der Waals surface area contributed by atoms with Crippen LogP contribution >= 0.6 is 0 Å². The van der Waals surface area contributed by atoms with Crippen LogP contribution < -0.4 is 15.4 Å². The maximum absolute atomic E-state index is 11.3. The number of guanidine groups is 1. The lowest BCUT2D eigenvalue weighted by atomic mass is 10.2. The molecule has 0 spiro atoms. The summed E-state index contributed by atoms with van der Waals surface area (Å²) in [6.45, 7) is 8.83. The quantitative estimate of drug-likeness (QED) is 0.297. The Balaban J connectivity index is 2.52. The van der Waals surface area contributed by atoms with Gasteiger partial charge in [0.1, 0.15) is 5.75 Å². The molecule has 0 radical (unpaired) electrons. The smallest absolute Gasteiger partial charge is 0.305 e. The third-order valence-corrected chi connectivity index (χ3v) is 3.18. The average Bonchev–Trinajstić information content (AvgIpc) is 2.58. The molecule has 0 atom stereocenters. The predicted octanol–water partition coefficient (Wildman–Crippen LogP) is 2.48. The van der Waals surface area contributed by atoms with E-state index in [4.69, 9.17) is 9.47 Å². The highest BCUT2D eigenvalue weighted by atomic mass is 16.5. The van der Waals surface area contributed by atoms with Crippen molar-refractivity contribution in [3.63, 3.8) is 0 Å². The molecule has 6 nitrogen and oxygen atoms in total. The number of benzene rings is 1. The molecule has 0 aliphatic rings. The molecule has 6 heteroatoms. The molecule has 0 amide bonds. The van der Waals surface area contributed by atoms with E-state index in [1.54, 1.807) is 0 Å². The minimum absolute atomic E-state index is 0.160. The normalized spacial score (nSPS) is 11.0. The van der Waals surface area contributed by atoms with Crippen LogP contribution in [-0.4, -0.2) is 38.2 Å². The molecule has 134 valence electrons. The van der Waals surface area contributed by atoms with Crippen molar-refractivity contribution >= 4 is 11.9 Å². The van der Waals surface area contributed by atoms with Gasteiger partial charge in [0.05, 0.1) is 19.8 Å². The Labute approximate surface area is 144 Å². The molecule has 0 fully saturated rings. The summed E-state index contributed by atoms with van der Waals surface area (Å²) in [4.78, 5) is 15.9. The molecule has 0 bridgehead atoms. The molecule has 1 rings (SSSR count). The van der Waals surface area contributed by atoms with Crippen molar-refractivity contribution in [1.82, 2.24) is 10.6 Å². The van der Waals surface area contributed by atoms with Crippen LogP contribution in [0.1, 0.15) is 39.2 Å². The largest absolute Gasteiger partial charge is 0.494 e. The first kappa shape index (κ1) is 19.8. The Morgan fingerprint density at radius 1 is 1.12 bits per heavy atom. The summed E-state index contributed by atoms with van der Waals surface area (Å²) in [6.07, 6.45) is 1.12. The predicted molar refractivity (Wildman–Crippen MR) is 96.3 cm³/mol. The van der Waals surface area contributed by atoms with Crippen LogP contribution in [0.2, 0.25) is 0 Å². The Kier molecular flexibility index (Phi) is 10.1. The van der Waals surface area contributed by atoms with Gasteiger partial charge in [-0.2, -0.15) is 0 Å². The first-order valence-corrected chi connectivity index (χ1v) is 8.59. The van der Waals surface area contributed by atoms with Gasteiger partial charge < -0.3 is 20.1 Å². The second-order valence-corrected chi connectivity index (χ2v) is 5.07. The number of carbonyl (C=O) groups excluding carboxylic acids is 1. The van der Waals surface area contributed by atoms with E-state index in [0.29, 0.717) is 39.1 Å². The number of nitrogens with zero attached hydrogens (tertiary/aromatic N) is 1. The van der Waals surface area contributed by atoms with Crippen LogP contribution in [0.15, 0.2) is 29.3 Å². The number of carbonyl (C=O) groups is 1. The zero-order valence-corrected chi connectivity index (χ0v) is 14.9. The maximum Gasteiger partial charge on any atom is 0.305 e. The highest BCUT2D eigenvalue weighted by Crippen LogP contribution is 2.18. The van der Waals surface area contributed by atoms with Gasteiger partial charge in [0.2, 0.25) is 0 Å². The first-order chi connectivity index (χ1) is 11.7. The second-order valence-electron chi connectivity index (χ2n) is 5.07. The van der Waals surface area contributed by atoms with Crippen LogP contribution in [0.5, 0.6) is 5.75 Å². The molecule has 0 heterocycles. The fourth-order valence-corrected chi connectivity index (χ4v) is 2.11. The number of hydrogen-bond acceptors (Lipinski definition) is 4. The van der Waals surface area contributed by atoms with Crippen molar-refractivity contribution in [2.24, 2.45) is 4.99 Å². The van der Waals surface area contributed by atoms with Crippen molar-refractivity contribution in [3.8, 4) is 5.75 Å². The summed E-state index contributed by atoms with van der Waals surface area (Å²) in [6, 6.07) is 7.90. The van der Waals surface area contributed by atoms with Crippen molar-refractivity contribution in [2.45, 2.75) is 40.2 Å². The van der Waals surface area contributed by atoms with Crippen LogP contribution in [0.3, 0.4) is 0 Å². The number of nitrogens with one attached hydrogen (secondary N) is 2. The van der Waals surface area contributed by atoms with Gasteiger partial charge in [0.15, 0.2) is 5.96 Å². The van der Waals surface area contributed by atoms with E-state index < -0.39 is 0 Å². The highest BCUT2D eigenvalue weighted by Gasteiger charge is 2.04. The van der Waals surface area contributed by atoms with E-state index in [0.717, 1.165) is 23.8 Å². The molecular weight excluding hydrogens is 306 g/mol. The minimum atomic E-state index is -0.160. The van der Waals surface area contributed by atoms with Gasteiger partial charge in [-0.1, -0.05) is 18.2 Å². The number of hydrogen-bond donors (Lipinski definition) is 2. The van der Waals surface area contributed by atoms with Gasteiger partial charge >= 0.3 is 5.97 Å². The fourth-order valence-electron chi connectivity index (χ4n) is 2.11. The monoisotopic (exact) mass is 335 g/mol. The Morgan fingerprint density at radius 3 is 2.62 bits per heavy atom. The number of aliphatic imine (C=N–C) groups is 1. The van der Waals surface area contributed by atoms with E-state index in [2.05, 4.69) is 15.6 Å². The van der Waals surface area contributed by atoms with E-state index in [1.165, 1.54) is 0 Å². The molecule has 2 N–H and O–H groups in total. The van der Waals surface area contributed by atoms with Gasteiger partial charge in [-0.3, -0.25) is 4.79 Å². The van der Waals surface area contributed by atoms with Crippen molar-refractivity contribution in [2.75, 3.05) is 26.3 Å². The second kappa shape index (κ2) is 12.2. The third-order valence-electron chi connectivity index (χ3n) is 3.18. The van der Waals surface area contributed by atoms with Crippen LogP contribution in [0.25, 0.3) is 0 Å². The summed E-state index contributed by atoms with van der Waals surface area (Å²) in [7, 11) is 0. The lowest BCUT2D eigenvalue weighted by Gasteiger charge is -2.12. The molecule has 0 saturated heterocycles. The van der Waals surface area contributed by atoms with Crippen molar-refractivity contribution in [1.29, 1.82) is 0 Å². The molecule has 1 aromatic carbocycles. The summed E-state index contributed by atoms with van der Waals surface area (Å²) >= 11 is 0. The molecular formula is C18H29N3O3. The summed E-state index contributed by atoms with van der Waals surface area (Å²) in [5, 5.41) is 6.43. The van der Waals surface area contributed by atoms with Gasteiger partial charge in [-0.15, -0.1) is 0 Å². The number of ether oxygens (including phenoxy) is 2. The molecule has 1 aromatic rings. The van der Waals surface area contributed by atoms with Crippen LogP contribution in [-0.2, 0) is 16.1 Å². The van der Waals surface area contributed by atoms with E-state index in [9.17, 15) is 4.79 Å². The standard InChI is InChI=1S/C18H29N3O3/c1-4-19-18(20-13-9-12-17(22)24-6-3)21-14-15-10-7-8-11-16(15)23-5-2/h7-8,10-11H,4-6,9,12-14H2,1-3H3,(H2,19,20,21). The van der Waals surface area contributed by atoms with Gasteiger partial charge in [-0.05, 0) is 33.3 Å². The first-order valence-electron chi connectivity index (χ1n) is 8.59. The number of esters is 1. The Hall–Kier alpha value is -2.24. The number of rotatable bonds is 10.